The van der Waals surface area contributed by atoms with Gasteiger partial charge in [-0.2, -0.15) is 0 Å². The Morgan fingerprint density at radius 1 is 1.09 bits per heavy atom. The van der Waals surface area contributed by atoms with Crippen molar-refractivity contribution in [2.75, 3.05) is 11.5 Å². The summed E-state index contributed by atoms with van der Waals surface area (Å²) in [6.07, 6.45) is 0. The summed E-state index contributed by atoms with van der Waals surface area (Å²) in [5.41, 5.74) is 2.06. The largest absolute Gasteiger partial charge is 0.494 e. The van der Waals surface area contributed by atoms with Crippen LogP contribution in [-0.4, -0.2) is 29.3 Å². The van der Waals surface area contributed by atoms with Crippen molar-refractivity contribution >= 4 is 34.7 Å². The summed E-state index contributed by atoms with van der Waals surface area (Å²) in [7, 11) is 0. The van der Waals surface area contributed by atoms with Gasteiger partial charge in [0.15, 0.2) is 0 Å². The highest BCUT2D eigenvalue weighted by molar-refractivity contribution is 7.09. The molecule has 2 aromatic carbocycles. The van der Waals surface area contributed by atoms with Gasteiger partial charge in [0.05, 0.1) is 40.7 Å². The number of thiazole rings is 1. The molecule has 0 saturated carbocycles. The summed E-state index contributed by atoms with van der Waals surface area (Å²) in [6, 6.07) is 11.3. The van der Waals surface area contributed by atoms with Crippen LogP contribution in [0, 0.1) is 0 Å². The molecule has 3 amide bonds. The number of anilines is 1. The fourth-order valence-corrected chi connectivity index (χ4v) is 4.25. The highest BCUT2D eigenvalue weighted by Crippen LogP contribution is 2.30. The van der Waals surface area contributed by atoms with Gasteiger partial charge in [-0.25, -0.2) is 9.88 Å². The second kappa shape index (κ2) is 8.92. The molecule has 8 heteroatoms. The molecule has 32 heavy (non-hydrogen) atoms. The average molecular weight is 450 g/mol. The number of rotatable bonds is 7. The molecule has 0 atom stereocenters. The van der Waals surface area contributed by atoms with Crippen molar-refractivity contribution < 1.29 is 19.1 Å². The summed E-state index contributed by atoms with van der Waals surface area (Å²) < 4.78 is 5.41. The van der Waals surface area contributed by atoms with Gasteiger partial charge in [-0.15, -0.1) is 11.3 Å². The van der Waals surface area contributed by atoms with Crippen molar-refractivity contribution in [3.63, 3.8) is 0 Å². The lowest BCUT2D eigenvalue weighted by atomic mass is 10.1. The molecule has 0 unspecified atom stereocenters. The van der Waals surface area contributed by atoms with E-state index < -0.39 is 11.8 Å². The topological polar surface area (TPSA) is 88.6 Å². The zero-order chi connectivity index (χ0) is 22.8. The molecular formula is C24H23N3O4S. The lowest BCUT2D eigenvalue weighted by Gasteiger charge is -2.14. The molecule has 1 aliphatic rings. The molecule has 0 fully saturated rings. The van der Waals surface area contributed by atoms with Gasteiger partial charge in [0, 0.05) is 16.9 Å². The van der Waals surface area contributed by atoms with Crippen LogP contribution < -0.4 is 15.0 Å². The van der Waals surface area contributed by atoms with E-state index in [9.17, 15) is 14.4 Å². The summed E-state index contributed by atoms with van der Waals surface area (Å²) >= 11 is 1.57. The Balaban J connectivity index is 1.49. The second-order valence-electron chi connectivity index (χ2n) is 7.65. The first-order chi connectivity index (χ1) is 15.4. The predicted octanol–water partition coefficient (Wildman–Crippen LogP) is 4.40. The molecule has 0 bridgehead atoms. The van der Waals surface area contributed by atoms with Gasteiger partial charge in [-0.05, 0) is 49.4 Å². The fourth-order valence-electron chi connectivity index (χ4n) is 3.42. The number of carbonyl (C=O) groups excluding carboxylic acids is 3. The van der Waals surface area contributed by atoms with E-state index >= 15 is 0 Å². The third kappa shape index (κ3) is 4.13. The zero-order valence-corrected chi connectivity index (χ0v) is 18.9. The first-order valence-corrected chi connectivity index (χ1v) is 11.2. The van der Waals surface area contributed by atoms with E-state index in [1.54, 1.807) is 41.7 Å². The Labute approximate surface area is 190 Å². The number of ether oxygens (including phenoxy) is 1. The number of fused-ring (bicyclic) bond motifs is 1. The molecule has 7 nitrogen and oxygen atoms in total. The Morgan fingerprint density at radius 3 is 2.47 bits per heavy atom. The van der Waals surface area contributed by atoms with Crippen molar-refractivity contribution in [3.8, 4) is 5.75 Å². The maximum Gasteiger partial charge on any atom is 0.266 e. The van der Waals surface area contributed by atoms with Crippen LogP contribution in [0.3, 0.4) is 0 Å². The third-order valence-electron chi connectivity index (χ3n) is 5.05. The highest BCUT2D eigenvalue weighted by atomic mass is 32.1. The van der Waals surface area contributed by atoms with Crippen LogP contribution in [0.25, 0.3) is 0 Å². The minimum atomic E-state index is -0.454. The molecule has 1 aromatic heterocycles. The number of hydrogen-bond donors (Lipinski definition) is 1. The van der Waals surface area contributed by atoms with Gasteiger partial charge < -0.3 is 10.1 Å². The van der Waals surface area contributed by atoms with Crippen molar-refractivity contribution in [1.29, 1.82) is 0 Å². The number of carbonyl (C=O) groups is 3. The monoisotopic (exact) mass is 449 g/mol. The maximum atomic E-state index is 13.0. The van der Waals surface area contributed by atoms with Crippen molar-refractivity contribution in [1.82, 2.24) is 10.3 Å². The van der Waals surface area contributed by atoms with E-state index in [1.807, 2.05) is 12.3 Å². The number of imide groups is 1. The summed E-state index contributed by atoms with van der Waals surface area (Å²) in [6.45, 7) is 6.84. The van der Waals surface area contributed by atoms with E-state index in [2.05, 4.69) is 24.1 Å². The van der Waals surface area contributed by atoms with E-state index in [-0.39, 0.29) is 17.0 Å². The number of amides is 3. The van der Waals surface area contributed by atoms with Gasteiger partial charge >= 0.3 is 0 Å². The summed E-state index contributed by atoms with van der Waals surface area (Å²) in [5, 5.41) is 5.77. The minimum Gasteiger partial charge on any atom is -0.494 e. The van der Waals surface area contributed by atoms with E-state index in [4.69, 9.17) is 4.74 Å². The number of nitrogens with zero attached hydrogens (tertiary/aromatic N) is 2. The van der Waals surface area contributed by atoms with Crippen LogP contribution in [0.1, 0.15) is 68.5 Å². The van der Waals surface area contributed by atoms with Gasteiger partial charge in [-0.3, -0.25) is 14.4 Å². The molecular weight excluding hydrogens is 426 g/mol. The van der Waals surface area contributed by atoms with Crippen LogP contribution in [-0.2, 0) is 6.54 Å². The summed E-state index contributed by atoms with van der Waals surface area (Å²) in [5.74, 6) is -0.197. The highest BCUT2D eigenvalue weighted by Gasteiger charge is 2.37. The van der Waals surface area contributed by atoms with E-state index in [0.717, 1.165) is 15.6 Å². The predicted molar refractivity (Wildman–Crippen MR) is 123 cm³/mol. The first-order valence-electron chi connectivity index (χ1n) is 10.4. The SMILES string of the molecule is CCOc1ccc(N2C(=O)c3ccc(C(=O)NCc4csc(C(C)C)n4)cc3C2=O)cc1. The molecule has 1 aliphatic heterocycles. The van der Waals surface area contributed by atoms with Gasteiger partial charge in [0.1, 0.15) is 5.75 Å². The zero-order valence-electron chi connectivity index (χ0n) is 18.0. The van der Waals surface area contributed by atoms with Crippen molar-refractivity contribution in [2.24, 2.45) is 0 Å². The standard InChI is InChI=1S/C24H23N3O4S/c1-4-31-18-8-6-17(7-9-18)27-23(29)19-10-5-15(11-20(19)24(27)30)21(28)25-12-16-13-32-22(26-16)14(2)3/h5-11,13-14H,4,12H2,1-3H3,(H,25,28). The molecule has 0 radical (unpaired) electrons. The molecule has 2 heterocycles. The lowest BCUT2D eigenvalue weighted by molar-refractivity contribution is 0.0923. The van der Waals surface area contributed by atoms with Crippen molar-refractivity contribution in [2.45, 2.75) is 33.2 Å². The van der Waals surface area contributed by atoms with Crippen LogP contribution in [0.4, 0.5) is 5.69 Å². The first kappa shape index (κ1) is 21.7. The maximum absolute atomic E-state index is 13.0. The lowest BCUT2D eigenvalue weighted by Crippen LogP contribution is -2.29. The number of benzene rings is 2. The molecule has 0 aliphatic carbocycles. The quantitative estimate of drug-likeness (QED) is 0.540. The smallest absolute Gasteiger partial charge is 0.266 e. The van der Waals surface area contributed by atoms with Crippen LogP contribution in [0.2, 0.25) is 0 Å². The summed E-state index contributed by atoms with van der Waals surface area (Å²) in [4.78, 5) is 44.1. The van der Waals surface area contributed by atoms with Crippen LogP contribution in [0.5, 0.6) is 5.75 Å². The third-order valence-corrected chi connectivity index (χ3v) is 6.24. The second-order valence-corrected chi connectivity index (χ2v) is 8.54. The van der Waals surface area contributed by atoms with Gasteiger partial charge in [-0.1, -0.05) is 13.8 Å². The molecule has 4 rings (SSSR count). The Morgan fingerprint density at radius 2 is 1.81 bits per heavy atom. The van der Waals surface area contributed by atoms with E-state index in [1.165, 1.54) is 12.1 Å². The Hall–Kier alpha value is -3.52. The average Bonchev–Trinajstić information content (AvgIpc) is 3.36. The molecule has 1 N–H and O–H groups in total. The minimum absolute atomic E-state index is 0.215. The molecule has 164 valence electrons. The number of nitrogens with one attached hydrogen (secondary N) is 1. The number of hydrogen-bond acceptors (Lipinski definition) is 6. The van der Waals surface area contributed by atoms with Crippen LogP contribution >= 0.6 is 11.3 Å². The molecule has 3 aromatic rings. The van der Waals surface area contributed by atoms with Crippen LogP contribution in [0.15, 0.2) is 47.8 Å². The molecule has 0 spiro atoms. The van der Waals surface area contributed by atoms with E-state index in [0.29, 0.717) is 36.1 Å². The van der Waals surface area contributed by atoms with Gasteiger partial charge in [0.2, 0.25) is 0 Å². The Bertz CT molecular complexity index is 1180. The number of aromatic nitrogens is 1. The molecule has 0 saturated heterocycles. The fraction of sp³-hybridized carbons (Fsp3) is 0.250. The van der Waals surface area contributed by atoms with Gasteiger partial charge in [0.25, 0.3) is 17.7 Å². The normalized spacial score (nSPS) is 12.9. The van der Waals surface area contributed by atoms with Crippen molar-refractivity contribution in [3.05, 3.63) is 75.2 Å². The Kier molecular flexibility index (Phi) is 6.05.